The first-order valence-electron chi connectivity index (χ1n) is 8.24. The van der Waals surface area contributed by atoms with E-state index in [0.29, 0.717) is 10.9 Å². The monoisotopic (exact) mass is 341 g/mol. The summed E-state index contributed by atoms with van der Waals surface area (Å²) >= 11 is 0. The van der Waals surface area contributed by atoms with Gasteiger partial charge in [0, 0.05) is 5.56 Å². The van der Waals surface area contributed by atoms with Gasteiger partial charge in [-0.3, -0.25) is 4.79 Å². The highest BCUT2D eigenvalue weighted by molar-refractivity contribution is 5.83. The van der Waals surface area contributed by atoms with Crippen molar-refractivity contribution in [2.75, 3.05) is 0 Å². The summed E-state index contributed by atoms with van der Waals surface area (Å²) in [5.41, 5.74) is 2.37. The molecule has 1 unspecified atom stereocenters. The van der Waals surface area contributed by atoms with Crippen molar-refractivity contribution in [2.45, 2.75) is 13.0 Å². The molecule has 1 aliphatic heterocycles. The number of aromatic amines is 1. The Morgan fingerprint density at radius 2 is 2.00 bits per heavy atom. The third-order valence-electron chi connectivity index (χ3n) is 4.31. The van der Waals surface area contributed by atoms with Crippen LogP contribution in [-0.4, -0.2) is 16.1 Å². The summed E-state index contributed by atoms with van der Waals surface area (Å²) < 4.78 is 5.91. The molecule has 0 spiro atoms. The summed E-state index contributed by atoms with van der Waals surface area (Å²) in [6.07, 6.45) is 3.49. The first-order chi connectivity index (χ1) is 12.7. The van der Waals surface area contributed by atoms with Crippen molar-refractivity contribution >= 4 is 22.6 Å². The third-order valence-corrected chi connectivity index (χ3v) is 4.31. The van der Waals surface area contributed by atoms with E-state index in [1.54, 1.807) is 24.3 Å². The van der Waals surface area contributed by atoms with Gasteiger partial charge in [-0.15, -0.1) is 0 Å². The molecule has 5 heteroatoms. The number of aromatic nitrogens is 2. The standard InChI is InChI=1S/C21H15N3O2/c1-13-15(10-14-6-2-5-9-19(14)26-13)11-16(12-22)20-23-18-8-4-3-7-17(18)21(25)24-20/h2-11,13H,1H3,(H,23,24,25)/b16-11+. The molecule has 126 valence electrons. The molecular formula is C21H15N3O2. The molecule has 3 aromatic rings. The first kappa shape index (κ1) is 15.9. The van der Waals surface area contributed by atoms with E-state index in [1.165, 1.54) is 0 Å². The normalized spacial score (nSPS) is 16.4. The maximum Gasteiger partial charge on any atom is 0.259 e. The van der Waals surface area contributed by atoms with E-state index in [0.717, 1.165) is 16.9 Å². The van der Waals surface area contributed by atoms with Crippen LogP contribution in [0.5, 0.6) is 5.75 Å². The smallest absolute Gasteiger partial charge is 0.259 e. The Morgan fingerprint density at radius 3 is 2.85 bits per heavy atom. The second kappa shape index (κ2) is 6.34. The lowest BCUT2D eigenvalue weighted by Gasteiger charge is -2.23. The van der Waals surface area contributed by atoms with Gasteiger partial charge in [0.25, 0.3) is 5.56 Å². The van der Waals surface area contributed by atoms with Crippen LogP contribution in [-0.2, 0) is 0 Å². The van der Waals surface area contributed by atoms with E-state index < -0.39 is 0 Å². The van der Waals surface area contributed by atoms with E-state index >= 15 is 0 Å². The van der Waals surface area contributed by atoms with Crippen molar-refractivity contribution in [1.29, 1.82) is 5.26 Å². The fourth-order valence-electron chi connectivity index (χ4n) is 2.96. The fraction of sp³-hybridized carbons (Fsp3) is 0.0952. The zero-order chi connectivity index (χ0) is 18.1. The molecule has 0 aliphatic carbocycles. The third kappa shape index (κ3) is 2.78. The Kier molecular flexibility index (Phi) is 3.86. The van der Waals surface area contributed by atoms with Crippen LogP contribution in [0.4, 0.5) is 0 Å². The lowest BCUT2D eigenvalue weighted by Crippen LogP contribution is -2.18. The highest BCUT2D eigenvalue weighted by atomic mass is 16.5. The summed E-state index contributed by atoms with van der Waals surface area (Å²) in [6.45, 7) is 1.92. The maximum absolute atomic E-state index is 12.3. The number of para-hydroxylation sites is 2. The molecule has 2 heterocycles. The number of nitrogens with zero attached hydrogens (tertiary/aromatic N) is 2. The van der Waals surface area contributed by atoms with Gasteiger partial charge in [-0.2, -0.15) is 5.26 Å². The Bertz CT molecular complexity index is 1170. The molecule has 0 bridgehead atoms. The summed E-state index contributed by atoms with van der Waals surface area (Å²) in [5.74, 6) is 1.07. The number of hydrogen-bond donors (Lipinski definition) is 1. The maximum atomic E-state index is 12.3. The van der Waals surface area contributed by atoms with Crippen LogP contribution in [0.1, 0.15) is 18.3 Å². The van der Waals surface area contributed by atoms with E-state index in [2.05, 4.69) is 16.0 Å². The zero-order valence-corrected chi connectivity index (χ0v) is 14.1. The van der Waals surface area contributed by atoms with Gasteiger partial charge in [-0.1, -0.05) is 30.3 Å². The largest absolute Gasteiger partial charge is 0.485 e. The number of nitrogens with one attached hydrogen (secondary N) is 1. The van der Waals surface area contributed by atoms with Crippen LogP contribution in [0.25, 0.3) is 22.6 Å². The van der Waals surface area contributed by atoms with Crippen LogP contribution in [0.15, 0.2) is 65.0 Å². The summed E-state index contributed by atoms with van der Waals surface area (Å²) in [6, 6.07) is 16.9. The number of nitriles is 1. The lowest BCUT2D eigenvalue weighted by molar-refractivity contribution is 0.257. The number of fused-ring (bicyclic) bond motifs is 2. The first-order valence-corrected chi connectivity index (χ1v) is 8.24. The molecule has 0 saturated carbocycles. The van der Waals surface area contributed by atoms with Gasteiger partial charge in [0.15, 0.2) is 5.82 Å². The number of H-pyrrole nitrogens is 1. The average molecular weight is 341 g/mol. The van der Waals surface area contributed by atoms with Crippen molar-refractivity contribution in [3.63, 3.8) is 0 Å². The van der Waals surface area contributed by atoms with E-state index in [4.69, 9.17) is 4.74 Å². The molecule has 0 radical (unpaired) electrons. The van der Waals surface area contributed by atoms with Crippen LogP contribution < -0.4 is 10.3 Å². The van der Waals surface area contributed by atoms with Crippen LogP contribution in [0, 0.1) is 11.3 Å². The van der Waals surface area contributed by atoms with Gasteiger partial charge < -0.3 is 9.72 Å². The average Bonchev–Trinajstić information content (AvgIpc) is 2.66. The lowest BCUT2D eigenvalue weighted by atomic mass is 10.00. The Balaban J connectivity index is 1.82. The second-order valence-electron chi connectivity index (χ2n) is 6.04. The van der Waals surface area contributed by atoms with E-state index in [-0.39, 0.29) is 23.1 Å². The number of hydrogen-bond acceptors (Lipinski definition) is 4. The summed E-state index contributed by atoms with van der Waals surface area (Å²) in [7, 11) is 0. The fourth-order valence-corrected chi connectivity index (χ4v) is 2.96. The van der Waals surface area contributed by atoms with Crippen LogP contribution in [0.3, 0.4) is 0 Å². The second-order valence-corrected chi connectivity index (χ2v) is 6.04. The predicted octanol–water partition coefficient (Wildman–Crippen LogP) is 3.69. The molecule has 5 nitrogen and oxygen atoms in total. The molecule has 4 rings (SSSR count). The van der Waals surface area contributed by atoms with Crippen LogP contribution >= 0.6 is 0 Å². The number of rotatable bonds is 2. The quantitative estimate of drug-likeness (QED) is 0.721. The van der Waals surface area contributed by atoms with Gasteiger partial charge in [0.1, 0.15) is 17.9 Å². The van der Waals surface area contributed by atoms with Gasteiger partial charge in [-0.05, 0) is 42.8 Å². The number of allylic oxidation sites excluding steroid dienone is 1. The minimum Gasteiger partial charge on any atom is -0.485 e. The molecule has 2 aromatic carbocycles. The van der Waals surface area contributed by atoms with Gasteiger partial charge in [0.2, 0.25) is 0 Å². The van der Waals surface area contributed by atoms with Crippen molar-refractivity contribution in [1.82, 2.24) is 9.97 Å². The molecule has 1 N–H and O–H groups in total. The SMILES string of the molecule is CC1Oc2ccccc2C=C1/C=C(\C#N)c1nc2ccccc2c(=O)[nH]1. The predicted molar refractivity (Wildman–Crippen MR) is 100 cm³/mol. The van der Waals surface area contributed by atoms with Gasteiger partial charge >= 0.3 is 0 Å². The summed E-state index contributed by atoms with van der Waals surface area (Å²) in [5, 5.41) is 10.1. The highest BCUT2D eigenvalue weighted by Gasteiger charge is 2.18. The minimum atomic E-state index is -0.265. The van der Waals surface area contributed by atoms with Crippen molar-refractivity contribution in [2.24, 2.45) is 0 Å². The molecule has 0 saturated heterocycles. The number of ether oxygens (including phenoxy) is 1. The molecular weight excluding hydrogens is 326 g/mol. The van der Waals surface area contributed by atoms with Crippen molar-refractivity contribution < 1.29 is 4.74 Å². The van der Waals surface area contributed by atoms with Crippen LogP contribution in [0.2, 0.25) is 0 Å². The molecule has 0 fully saturated rings. The van der Waals surface area contributed by atoms with E-state index in [9.17, 15) is 10.1 Å². The van der Waals surface area contributed by atoms with Gasteiger partial charge in [0.05, 0.1) is 16.5 Å². The molecule has 26 heavy (non-hydrogen) atoms. The molecule has 1 aromatic heterocycles. The van der Waals surface area contributed by atoms with E-state index in [1.807, 2.05) is 43.3 Å². The molecule has 0 amide bonds. The van der Waals surface area contributed by atoms with Crippen molar-refractivity contribution in [3.8, 4) is 11.8 Å². The number of benzene rings is 2. The molecule has 1 atom stereocenters. The topological polar surface area (TPSA) is 78.8 Å². The van der Waals surface area contributed by atoms with Gasteiger partial charge in [-0.25, -0.2) is 4.98 Å². The molecule has 1 aliphatic rings. The Morgan fingerprint density at radius 1 is 1.23 bits per heavy atom. The Labute approximate surface area is 149 Å². The van der Waals surface area contributed by atoms with Crippen molar-refractivity contribution in [3.05, 3.63) is 81.9 Å². The highest BCUT2D eigenvalue weighted by Crippen LogP contribution is 2.30. The zero-order valence-electron chi connectivity index (χ0n) is 14.1. The summed E-state index contributed by atoms with van der Waals surface area (Å²) in [4.78, 5) is 19.4. The minimum absolute atomic E-state index is 0.208. The Hall–Kier alpha value is -3.65.